The van der Waals surface area contributed by atoms with E-state index < -0.39 is 7.04 Å². The molecule has 0 spiro atoms. The minimum Gasteiger partial charge on any atom is -0.599 e. The molecular formula is C34H24BF2N3O. The smallest absolute Gasteiger partial charge is 0.599 e. The molecule has 0 aliphatic carbocycles. The fourth-order valence-corrected chi connectivity index (χ4v) is 5.35. The molecule has 0 atom stereocenters. The van der Waals surface area contributed by atoms with Crippen LogP contribution < -0.4 is 9.38 Å². The molecular weight excluding hydrogens is 515 g/mol. The highest BCUT2D eigenvalue weighted by atomic mass is 19.3. The Morgan fingerprint density at radius 2 is 1.12 bits per heavy atom. The van der Waals surface area contributed by atoms with E-state index in [4.69, 9.17) is 9.64 Å². The van der Waals surface area contributed by atoms with Gasteiger partial charge in [-0.05, 0) is 54.6 Å². The summed E-state index contributed by atoms with van der Waals surface area (Å²) in [6.45, 7) is 0. The monoisotopic (exact) mass is 539 g/mol. The minimum absolute atomic E-state index is 0.0989. The standard InChI is InChI=1S/C34H24BF2N3O/c36-35(37)40-31-19-11-10-18-30(31)38-34(26-12-4-1-5-13-26)32(40)24-33(41-35)25-20-22-29(23-21-25)39(27-14-6-2-7-15-27)28-16-8-3-9-17-28/h1-24H. The van der Waals surface area contributed by atoms with Crippen LogP contribution in [-0.4, -0.2) is 12.0 Å². The quantitative estimate of drug-likeness (QED) is 0.206. The van der Waals surface area contributed by atoms with Crippen LogP contribution in [0.15, 0.2) is 140 Å². The van der Waals surface area contributed by atoms with Crippen molar-refractivity contribution in [1.29, 1.82) is 0 Å². The van der Waals surface area contributed by atoms with E-state index in [0.29, 0.717) is 28.0 Å². The molecule has 0 saturated heterocycles. The first kappa shape index (κ1) is 24.7. The van der Waals surface area contributed by atoms with E-state index in [1.165, 1.54) is 0 Å². The van der Waals surface area contributed by atoms with Gasteiger partial charge in [0.05, 0.1) is 5.76 Å². The van der Waals surface area contributed by atoms with E-state index in [9.17, 15) is 0 Å². The maximum atomic E-state index is 15.9. The summed E-state index contributed by atoms with van der Waals surface area (Å²) in [5.41, 5.74) is 5.76. The average Bonchev–Trinajstić information content (AvgIpc) is 3.02. The third-order valence-electron chi connectivity index (χ3n) is 7.20. The summed E-state index contributed by atoms with van der Waals surface area (Å²) >= 11 is 0. The van der Waals surface area contributed by atoms with Crippen LogP contribution in [0.5, 0.6) is 0 Å². The van der Waals surface area contributed by atoms with Crippen molar-refractivity contribution >= 4 is 47.0 Å². The third-order valence-corrected chi connectivity index (χ3v) is 7.20. The van der Waals surface area contributed by atoms with Crippen LogP contribution in [0.25, 0.3) is 34.1 Å². The van der Waals surface area contributed by atoms with Crippen molar-refractivity contribution < 1.29 is 17.8 Å². The Balaban J connectivity index is 1.36. The number of nitrogens with zero attached hydrogens (tertiary/aromatic N) is 3. The molecule has 0 N–H and O–H groups in total. The van der Waals surface area contributed by atoms with Gasteiger partial charge < -0.3 is 22.7 Å². The number of halogens is 2. The molecule has 7 heteroatoms. The van der Waals surface area contributed by atoms with Crippen molar-refractivity contribution in [2.45, 2.75) is 0 Å². The highest BCUT2D eigenvalue weighted by molar-refractivity contribution is 6.52. The summed E-state index contributed by atoms with van der Waals surface area (Å²) in [4.78, 5) is 6.92. The topological polar surface area (TPSA) is 29.2 Å². The van der Waals surface area contributed by atoms with Crippen LogP contribution in [0.3, 0.4) is 0 Å². The maximum absolute atomic E-state index is 15.9. The number of fused-ring (bicyclic) bond motifs is 3. The van der Waals surface area contributed by atoms with Crippen molar-refractivity contribution in [2.75, 3.05) is 4.90 Å². The second kappa shape index (κ2) is 10.0. The Labute approximate surface area is 236 Å². The predicted molar refractivity (Wildman–Crippen MR) is 161 cm³/mol. The van der Waals surface area contributed by atoms with Gasteiger partial charge in [0, 0.05) is 40.3 Å². The second-order valence-electron chi connectivity index (χ2n) is 9.81. The Hall–Kier alpha value is -5.30. The van der Waals surface area contributed by atoms with Gasteiger partial charge in [0.1, 0.15) is 11.2 Å². The molecule has 1 aliphatic rings. The number of rotatable bonds is 5. The Kier molecular flexibility index (Phi) is 6.05. The fourth-order valence-electron chi connectivity index (χ4n) is 5.35. The van der Waals surface area contributed by atoms with Crippen LogP contribution in [-0.2, 0) is 4.65 Å². The first-order valence-electron chi connectivity index (χ1n) is 13.4. The molecule has 0 radical (unpaired) electrons. The van der Waals surface area contributed by atoms with Gasteiger partial charge in [-0.25, -0.2) is 4.98 Å². The molecule has 0 unspecified atom stereocenters. The molecule has 0 saturated carbocycles. The van der Waals surface area contributed by atoms with Gasteiger partial charge in [-0.1, -0.05) is 78.9 Å². The van der Waals surface area contributed by atoms with E-state index >= 15 is 8.63 Å². The van der Waals surface area contributed by atoms with Crippen LogP contribution in [0, 0.1) is 0 Å². The van der Waals surface area contributed by atoms with Crippen molar-refractivity contribution in [1.82, 2.24) is 4.98 Å². The summed E-state index contributed by atoms with van der Waals surface area (Å²) in [6, 6.07) is 43.8. The lowest BCUT2D eigenvalue weighted by Gasteiger charge is -2.30. The number of para-hydroxylation sites is 4. The summed E-state index contributed by atoms with van der Waals surface area (Å²) in [6.07, 6.45) is 1.67. The number of aromatic nitrogens is 2. The Morgan fingerprint density at radius 3 is 1.76 bits per heavy atom. The summed E-state index contributed by atoms with van der Waals surface area (Å²) in [5, 5.41) is 0. The van der Waals surface area contributed by atoms with Crippen LogP contribution in [0.1, 0.15) is 11.3 Å². The van der Waals surface area contributed by atoms with Crippen LogP contribution >= 0.6 is 0 Å². The van der Waals surface area contributed by atoms with Crippen LogP contribution in [0.2, 0.25) is 0 Å². The summed E-state index contributed by atoms with van der Waals surface area (Å²) < 4.78 is 38.3. The number of anilines is 3. The molecule has 2 heterocycles. The van der Waals surface area contributed by atoms with E-state index in [0.717, 1.165) is 27.1 Å². The molecule has 4 nitrogen and oxygen atoms in total. The van der Waals surface area contributed by atoms with Crippen molar-refractivity contribution in [3.8, 4) is 11.3 Å². The minimum atomic E-state index is -4.44. The molecule has 7 rings (SSSR count). The zero-order chi connectivity index (χ0) is 27.8. The molecule has 0 bridgehead atoms. The SMILES string of the molecule is F[B-]1(F)OC(c2ccc(N(c3ccccc3)c3ccccc3)cc2)=Cc2c(-c3ccccc3)nc3ccccc3[n+]21. The van der Waals surface area contributed by atoms with Gasteiger partial charge in [0.15, 0.2) is 11.2 Å². The van der Waals surface area contributed by atoms with Gasteiger partial charge in [0.25, 0.3) is 0 Å². The molecule has 1 aromatic heterocycles. The van der Waals surface area contributed by atoms with Gasteiger partial charge in [-0.15, -0.1) is 0 Å². The highest BCUT2D eigenvalue weighted by Crippen LogP contribution is 2.37. The molecule has 5 aromatic carbocycles. The van der Waals surface area contributed by atoms with Gasteiger partial charge in [-0.2, -0.15) is 0 Å². The predicted octanol–water partition coefficient (Wildman–Crippen LogP) is 8.41. The van der Waals surface area contributed by atoms with Crippen molar-refractivity contribution in [2.24, 2.45) is 0 Å². The number of hydrogen-bond acceptors (Lipinski definition) is 3. The summed E-state index contributed by atoms with van der Waals surface area (Å²) in [5.74, 6) is 0.0989. The molecule has 198 valence electrons. The van der Waals surface area contributed by atoms with E-state index in [2.05, 4.69) is 4.90 Å². The Morgan fingerprint density at radius 1 is 0.585 bits per heavy atom. The van der Waals surface area contributed by atoms with E-state index in [-0.39, 0.29) is 5.76 Å². The first-order valence-corrected chi connectivity index (χ1v) is 13.4. The number of hydrogen-bond donors (Lipinski definition) is 0. The molecule has 41 heavy (non-hydrogen) atoms. The van der Waals surface area contributed by atoms with Crippen molar-refractivity contribution in [3.05, 3.63) is 151 Å². The zero-order valence-corrected chi connectivity index (χ0v) is 21.9. The van der Waals surface area contributed by atoms with Crippen LogP contribution in [0.4, 0.5) is 25.7 Å². The normalized spacial score (nSPS) is 13.7. The second-order valence-corrected chi connectivity index (χ2v) is 9.81. The molecule has 6 aromatic rings. The fraction of sp³-hybridized carbons (Fsp3) is 0. The average molecular weight is 539 g/mol. The van der Waals surface area contributed by atoms with E-state index in [1.807, 2.05) is 115 Å². The number of benzene rings is 5. The zero-order valence-electron chi connectivity index (χ0n) is 21.9. The van der Waals surface area contributed by atoms with E-state index in [1.54, 1.807) is 30.3 Å². The Bertz CT molecular complexity index is 1840. The maximum Gasteiger partial charge on any atom is 0.834 e. The summed E-state index contributed by atoms with van der Waals surface area (Å²) in [7, 11) is -4.44. The molecule has 0 fully saturated rings. The lowest BCUT2D eigenvalue weighted by molar-refractivity contribution is -0.556. The first-order chi connectivity index (χ1) is 20.1. The van der Waals surface area contributed by atoms with Gasteiger partial charge >= 0.3 is 7.04 Å². The lowest BCUT2D eigenvalue weighted by Crippen LogP contribution is -2.64. The lowest BCUT2D eigenvalue weighted by atomic mass is 9.94. The molecule has 1 aliphatic heterocycles. The molecule has 0 amide bonds. The third kappa shape index (κ3) is 4.51. The highest BCUT2D eigenvalue weighted by Gasteiger charge is 2.51. The van der Waals surface area contributed by atoms with Crippen molar-refractivity contribution in [3.63, 3.8) is 0 Å². The van der Waals surface area contributed by atoms with Gasteiger partial charge in [-0.3, -0.25) is 0 Å². The largest absolute Gasteiger partial charge is 0.834 e. The van der Waals surface area contributed by atoms with Gasteiger partial charge in [0.2, 0.25) is 0 Å².